The van der Waals surface area contributed by atoms with E-state index in [0.29, 0.717) is 29.0 Å². The Morgan fingerprint density at radius 2 is 1.68 bits per heavy atom. The fraction of sp³-hybridized carbons (Fsp3) is 0.154. The van der Waals surface area contributed by atoms with Crippen LogP contribution in [0.1, 0.15) is 38.8 Å². The van der Waals surface area contributed by atoms with Gasteiger partial charge in [-0.15, -0.1) is 0 Å². The van der Waals surface area contributed by atoms with Gasteiger partial charge in [-0.1, -0.05) is 36.4 Å². The van der Waals surface area contributed by atoms with Crippen LogP contribution in [0, 0.1) is 6.92 Å². The van der Waals surface area contributed by atoms with E-state index >= 15 is 0 Å². The van der Waals surface area contributed by atoms with Crippen molar-refractivity contribution in [3.63, 3.8) is 0 Å². The number of hydrogen-bond donors (Lipinski definition) is 2. The molecule has 2 amide bonds. The molecule has 8 heteroatoms. The summed E-state index contributed by atoms with van der Waals surface area (Å²) >= 11 is 0. The number of carbonyl (C=O) groups is 3. The summed E-state index contributed by atoms with van der Waals surface area (Å²) in [6, 6.07) is 20.7. The molecule has 0 atom stereocenters. The quantitative estimate of drug-likeness (QED) is 0.221. The number of amides is 2. The number of rotatable bonds is 9. The summed E-state index contributed by atoms with van der Waals surface area (Å²) in [6.07, 6.45) is 1.42. The highest BCUT2D eigenvalue weighted by Crippen LogP contribution is 2.29. The molecule has 0 saturated heterocycles. The molecule has 3 rings (SSSR count). The van der Waals surface area contributed by atoms with Crippen LogP contribution in [0.5, 0.6) is 11.5 Å². The van der Waals surface area contributed by atoms with E-state index in [2.05, 4.69) is 15.8 Å². The zero-order chi connectivity index (χ0) is 24.3. The summed E-state index contributed by atoms with van der Waals surface area (Å²) in [5.74, 6) is -0.665. The molecule has 8 nitrogen and oxygen atoms in total. The third-order valence-electron chi connectivity index (χ3n) is 4.68. The van der Waals surface area contributed by atoms with E-state index in [4.69, 9.17) is 9.47 Å². The number of aryl methyl sites for hydroxylation is 1. The molecule has 34 heavy (non-hydrogen) atoms. The van der Waals surface area contributed by atoms with Gasteiger partial charge in [0.2, 0.25) is 0 Å². The summed E-state index contributed by atoms with van der Waals surface area (Å²) in [5.41, 5.74) is 4.73. The topological polar surface area (TPSA) is 106 Å². The van der Waals surface area contributed by atoms with E-state index in [1.807, 2.05) is 32.0 Å². The van der Waals surface area contributed by atoms with Gasteiger partial charge in [-0.3, -0.25) is 9.59 Å². The van der Waals surface area contributed by atoms with Crippen LogP contribution in [0.15, 0.2) is 77.9 Å². The maximum Gasteiger partial charge on any atom is 0.343 e. The Balaban J connectivity index is 1.57. The van der Waals surface area contributed by atoms with Crippen molar-refractivity contribution in [2.75, 3.05) is 13.2 Å². The number of hydrazone groups is 1. The average molecular weight is 460 g/mol. The number of benzene rings is 3. The predicted octanol–water partition coefficient (Wildman–Crippen LogP) is 3.49. The van der Waals surface area contributed by atoms with Crippen LogP contribution in [0.4, 0.5) is 0 Å². The molecular formula is C26H25N3O5. The van der Waals surface area contributed by atoms with Gasteiger partial charge in [0.25, 0.3) is 11.8 Å². The smallest absolute Gasteiger partial charge is 0.343 e. The Hall–Kier alpha value is -4.46. The highest BCUT2D eigenvalue weighted by Gasteiger charge is 2.13. The maximum atomic E-state index is 12.3. The van der Waals surface area contributed by atoms with E-state index in [-0.39, 0.29) is 18.2 Å². The first-order chi connectivity index (χ1) is 16.5. The first-order valence-electron chi connectivity index (χ1n) is 10.7. The second-order valence-corrected chi connectivity index (χ2v) is 7.19. The van der Waals surface area contributed by atoms with Gasteiger partial charge in [0.15, 0.2) is 11.5 Å². The SMILES string of the molecule is CCOc1cc(/C=N\NC(=O)CNC(=O)c2ccccc2C)ccc1OC(=O)c1ccccc1. The normalized spacial score (nSPS) is 10.5. The lowest BCUT2D eigenvalue weighted by Crippen LogP contribution is -2.35. The van der Waals surface area contributed by atoms with Crippen molar-refractivity contribution in [3.05, 3.63) is 95.1 Å². The van der Waals surface area contributed by atoms with E-state index in [1.165, 1.54) is 6.21 Å². The number of ether oxygens (including phenoxy) is 2. The molecule has 3 aromatic rings. The zero-order valence-corrected chi connectivity index (χ0v) is 18.9. The molecule has 0 aliphatic carbocycles. The van der Waals surface area contributed by atoms with Crippen LogP contribution in [-0.2, 0) is 4.79 Å². The summed E-state index contributed by atoms with van der Waals surface area (Å²) in [7, 11) is 0. The minimum atomic E-state index is -0.497. The molecule has 0 aromatic heterocycles. The number of nitrogens with one attached hydrogen (secondary N) is 2. The monoisotopic (exact) mass is 459 g/mol. The van der Waals surface area contributed by atoms with Crippen LogP contribution >= 0.6 is 0 Å². The van der Waals surface area contributed by atoms with Gasteiger partial charge in [0, 0.05) is 5.56 Å². The number of carbonyl (C=O) groups excluding carboxylic acids is 3. The number of hydrogen-bond acceptors (Lipinski definition) is 6. The molecule has 0 spiro atoms. The summed E-state index contributed by atoms with van der Waals surface area (Å²) in [6.45, 7) is 3.79. The lowest BCUT2D eigenvalue weighted by atomic mass is 10.1. The minimum absolute atomic E-state index is 0.219. The van der Waals surface area contributed by atoms with Crippen LogP contribution in [-0.4, -0.2) is 37.1 Å². The molecule has 0 bridgehead atoms. The van der Waals surface area contributed by atoms with Crippen molar-refractivity contribution < 1.29 is 23.9 Å². The lowest BCUT2D eigenvalue weighted by Gasteiger charge is -2.11. The fourth-order valence-corrected chi connectivity index (χ4v) is 2.99. The third-order valence-corrected chi connectivity index (χ3v) is 4.68. The molecule has 3 aromatic carbocycles. The minimum Gasteiger partial charge on any atom is -0.490 e. The van der Waals surface area contributed by atoms with Crippen molar-refractivity contribution in [1.29, 1.82) is 0 Å². The van der Waals surface area contributed by atoms with Gasteiger partial charge in [-0.25, -0.2) is 10.2 Å². The van der Waals surface area contributed by atoms with Crippen molar-refractivity contribution >= 4 is 24.0 Å². The maximum absolute atomic E-state index is 12.3. The van der Waals surface area contributed by atoms with Crippen molar-refractivity contribution in [2.45, 2.75) is 13.8 Å². The standard InChI is InChI=1S/C26H25N3O5/c1-3-33-23-15-19(13-14-22(23)34-26(32)20-10-5-4-6-11-20)16-28-29-24(30)17-27-25(31)21-12-8-7-9-18(21)2/h4-16H,3,17H2,1-2H3,(H,27,31)(H,29,30)/b28-16-. The fourth-order valence-electron chi connectivity index (χ4n) is 2.99. The highest BCUT2D eigenvalue weighted by molar-refractivity contribution is 5.97. The van der Waals surface area contributed by atoms with Gasteiger partial charge in [-0.05, 0) is 61.4 Å². The Labute approximate surface area is 197 Å². The molecular weight excluding hydrogens is 434 g/mol. The third kappa shape index (κ3) is 6.77. The molecule has 0 unspecified atom stereocenters. The van der Waals surface area contributed by atoms with E-state index < -0.39 is 11.9 Å². The average Bonchev–Trinajstić information content (AvgIpc) is 2.85. The Morgan fingerprint density at radius 3 is 2.41 bits per heavy atom. The Morgan fingerprint density at radius 1 is 0.941 bits per heavy atom. The van der Waals surface area contributed by atoms with Crippen LogP contribution in [0.3, 0.4) is 0 Å². The van der Waals surface area contributed by atoms with Crippen LogP contribution < -0.4 is 20.2 Å². The first kappa shape index (κ1) is 24.2. The van der Waals surface area contributed by atoms with Gasteiger partial charge in [0.1, 0.15) is 0 Å². The van der Waals surface area contributed by atoms with E-state index in [1.54, 1.807) is 54.6 Å². The van der Waals surface area contributed by atoms with Crippen LogP contribution in [0.2, 0.25) is 0 Å². The van der Waals surface area contributed by atoms with Crippen molar-refractivity contribution in [3.8, 4) is 11.5 Å². The molecule has 0 heterocycles. The first-order valence-corrected chi connectivity index (χ1v) is 10.7. The highest BCUT2D eigenvalue weighted by atomic mass is 16.6. The number of nitrogens with zero attached hydrogens (tertiary/aromatic N) is 1. The second kappa shape index (κ2) is 12.0. The molecule has 0 aliphatic rings. The molecule has 2 N–H and O–H groups in total. The Kier molecular flexibility index (Phi) is 8.51. The Bertz CT molecular complexity index is 1190. The van der Waals surface area contributed by atoms with Crippen molar-refractivity contribution in [1.82, 2.24) is 10.7 Å². The zero-order valence-electron chi connectivity index (χ0n) is 18.9. The molecule has 0 radical (unpaired) electrons. The number of esters is 1. The molecule has 174 valence electrons. The molecule has 0 fully saturated rings. The van der Waals surface area contributed by atoms with Gasteiger partial charge in [-0.2, -0.15) is 5.10 Å². The van der Waals surface area contributed by atoms with Crippen molar-refractivity contribution in [2.24, 2.45) is 5.10 Å². The van der Waals surface area contributed by atoms with Gasteiger partial charge in [0.05, 0.1) is 24.9 Å². The summed E-state index contributed by atoms with van der Waals surface area (Å²) in [4.78, 5) is 36.5. The summed E-state index contributed by atoms with van der Waals surface area (Å²) < 4.78 is 11.0. The molecule has 0 aliphatic heterocycles. The van der Waals surface area contributed by atoms with E-state index in [9.17, 15) is 14.4 Å². The van der Waals surface area contributed by atoms with Crippen LogP contribution in [0.25, 0.3) is 0 Å². The van der Waals surface area contributed by atoms with Gasteiger partial charge >= 0.3 is 5.97 Å². The lowest BCUT2D eigenvalue weighted by molar-refractivity contribution is -0.120. The second-order valence-electron chi connectivity index (χ2n) is 7.19. The summed E-state index contributed by atoms with van der Waals surface area (Å²) in [5, 5.41) is 6.47. The van der Waals surface area contributed by atoms with Gasteiger partial charge < -0.3 is 14.8 Å². The molecule has 0 saturated carbocycles. The van der Waals surface area contributed by atoms with E-state index in [0.717, 1.165) is 5.56 Å². The largest absolute Gasteiger partial charge is 0.490 e. The predicted molar refractivity (Wildman–Crippen MR) is 128 cm³/mol.